The molecule has 37 heavy (non-hydrogen) atoms. The zero-order chi connectivity index (χ0) is 26.6. The average molecular weight is 501 g/mol. The van der Waals surface area contributed by atoms with Crippen molar-refractivity contribution in [2.45, 2.75) is 39.5 Å². The molecule has 1 saturated heterocycles. The van der Waals surface area contributed by atoms with E-state index in [1.807, 2.05) is 6.20 Å². The molecule has 1 aromatic carbocycles. The van der Waals surface area contributed by atoms with E-state index in [0.717, 1.165) is 55.8 Å². The normalized spacial score (nSPS) is 17.3. The van der Waals surface area contributed by atoms with Crippen molar-refractivity contribution in [1.29, 1.82) is 0 Å². The molecule has 2 unspecified atom stereocenters. The van der Waals surface area contributed by atoms with Crippen molar-refractivity contribution in [3.63, 3.8) is 0 Å². The van der Waals surface area contributed by atoms with Crippen LogP contribution in [0.1, 0.15) is 39.5 Å². The summed E-state index contributed by atoms with van der Waals surface area (Å²) in [6.07, 6.45) is 17.4. The summed E-state index contributed by atoms with van der Waals surface area (Å²) < 4.78 is 0. The van der Waals surface area contributed by atoms with Crippen LogP contribution in [0.2, 0.25) is 0 Å². The maximum absolute atomic E-state index is 11.0. The molecule has 6 heteroatoms. The van der Waals surface area contributed by atoms with Crippen LogP contribution in [0, 0.1) is 11.8 Å². The molecule has 2 heterocycles. The van der Waals surface area contributed by atoms with Gasteiger partial charge in [-0.15, -0.1) is 0 Å². The fourth-order valence-corrected chi connectivity index (χ4v) is 4.58. The molecule has 2 aromatic rings. The lowest BCUT2D eigenvalue weighted by Crippen LogP contribution is -2.27. The van der Waals surface area contributed by atoms with Crippen LogP contribution in [-0.2, 0) is 4.79 Å². The molecule has 6 nitrogen and oxygen atoms in total. The summed E-state index contributed by atoms with van der Waals surface area (Å²) in [6, 6.07) is 12.9. The Morgan fingerprint density at radius 2 is 1.97 bits per heavy atom. The second kappa shape index (κ2) is 14.1. The van der Waals surface area contributed by atoms with Gasteiger partial charge in [0.1, 0.15) is 5.82 Å². The lowest BCUT2D eigenvalue weighted by atomic mass is 10.0. The molecule has 2 aliphatic rings. The molecule has 4 rings (SSSR count). The smallest absolute Gasteiger partial charge is 0.303 e. The Morgan fingerprint density at radius 3 is 2.62 bits per heavy atom. The molecule has 1 aromatic heterocycles. The van der Waals surface area contributed by atoms with Crippen LogP contribution in [0.4, 0.5) is 11.5 Å². The molecule has 2 atom stereocenters. The third-order valence-corrected chi connectivity index (χ3v) is 6.80. The van der Waals surface area contributed by atoms with E-state index < -0.39 is 5.97 Å². The number of carbonyl (C=O) groups is 1. The summed E-state index contributed by atoms with van der Waals surface area (Å²) >= 11 is 0. The number of aliphatic carboxylic acids is 1. The van der Waals surface area contributed by atoms with Gasteiger partial charge in [-0.2, -0.15) is 0 Å². The largest absolute Gasteiger partial charge is 0.481 e. The third-order valence-electron chi connectivity index (χ3n) is 6.80. The first-order chi connectivity index (χ1) is 17.9. The van der Waals surface area contributed by atoms with Crippen LogP contribution in [0.25, 0.3) is 11.1 Å². The van der Waals surface area contributed by atoms with Gasteiger partial charge < -0.3 is 20.6 Å². The topological polar surface area (TPSA) is 82.7 Å². The molecule has 0 saturated carbocycles. The number of nitrogens with two attached hydrogens (primary N) is 1. The van der Waals surface area contributed by atoms with Gasteiger partial charge in [0.05, 0.1) is 0 Å². The number of pyridine rings is 1. The molecular formula is C31H40N4O2. The fourth-order valence-electron chi connectivity index (χ4n) is 4.58. The number of carboxylic acid groups (broad SMARTS) is 1. The number of aromatic nitrogens is 1. The van der Waals surface area contributed by atoms with Crippen molar-refractivity contribution in [3.8, 4) is 11.1 Å². The van der Waals surface area contributed by atoms with Gasteiger partial charge in [0, 0.05) is 49.2 Å². The van der Waals surface area contributed by atoms with E-state index >= 15 is 0 Å². The van der Waals surface area contributed by atoms with Gasteiger partial charge >= 0.3 is 5.97 Å². The van der Waals surface area contributed by atoms with Crippen molar-refractivity contribution in [1.82, 2.24) is 4.98 Å². The summed E-state index contributed by atoms with van der Waals surface area (Å²) in [6.45, 7) is 10.3. The molecular weight excluding hydrogens is 460 g/mol. The SMILES string of the molecule is C=CN.CCC(C)CN(C1=CC=CCC=C1)c1ccc(-c2ccc(N3CCC(CC(=O)O)C3)nc2)cc1. The predicted octanol–water partition coefficient (Wildman–Crippen LogP) is 6.39. The van der Waals surface area contributed by atoms with Crippen LogP contribution in [0.5, 0.6) is 0 Å². The lowest BCUT2D eigenvalue weighted by molar-refractivity contribution is -0.137. The Balaban J connectivity index is 0.00000121. The van der Waals surface area contributed by atoms with Gasteiger partial charge in [0.25, 0.3) is 0 Å². The van der Waals surface area contributed by atoms with Gasteiger partial charge in [0.15, 0.2) is 0 Å². The van der Waals surface area contributed by atoms with E-state index in [1.165, 1.54) is 17.6 Å². The molecule has 0 amide bonds. The Labute approximate surface area is 221 Å². The predicted molar refractivity (Wildman–Crippen MR) is 154 cm³/mol. The number of anilines is 2. The molecule has 1 aliphatic carbocycles. The summed E-state index contributed by atoms with van der Waals surface area (Å²) in [7, 11) is 0. The molecule has 1 aliphatic heterocycles. The number of hydrogen-bond acceptors (Lipinski definition) is 5. The van der Waals surface area contributed by atoms with E-state index in [1.54, 1.807) is 0 Å². The van der Waals surface area contributed by atoms with Crippen LogP contribution >= 0.6 is 0 Å². The number of carboxylic acids is 1. The van der Waals surface area contributed by atoms with Gasteiger partial charge in [0.2, 0.25) is 0 Å². The minimum atomic E-state index is -0.718. The highest BCUT2D eigenvalue weighted by Crippen LogP contribution is 2.29. The third kappa shape index (κ3) is 8.10. The summed E-state index contributed by atoms with van der Waals surface area (Å²) in [5.41, 5.74) is 9.25. The number of rotatable bonds is 9. The monoisotopic (exact) mass is 500 g/mol. The maximum atomic E-state index is 11.0. The summed E-state index contributed by atoms with van der Waals surface area (Å²) in [5, 5.41) is 9.04. The minimum absolute atomic E-state index is 0.207. The molecule has 0 bridgehead atoms. The second-order valence-corrected chi connectivity index (χ2v) is 9.67. The van der Waals surface area contributed by atoms with E-state index in [2.05, 4.69) is 108 Å². The highest BCUT2D eigenvalue weighted by atomic mass is 16.4. The first-order valence-electron chi connectivity index (χ1n) is 13.1. The van der Waals surface area contributed by atoms with Crippen LogP contribution in [0.15, 0.2) is 91.5 Å². The van der Waals surface area contributed by atoms with Crippen molar-refractivity contribution in [2.75, 3.05) is 29.4 Å². The highest BCUT2D eigenvalue weighted by Gasteiger charge is 2.25. The van der Waals surface area contributed by atoms with Crippen molar-refractivity contribution in [3.05, 3.63) is 91.5 Å². The zero-order valence-corrected chi connectivity index (χ0v) is 22.1. The zero-order valence-electron chi connectivity index (χ0n) is 22.1. The first kappa shape index (κ1) is 27.8. The number of hydrogen-bond donors (Lipinski definition) is 2. The Hall–Kier alpha value is -3.80. The first-order valence-corrected chi connectivity index (χ1v) is 13.1. The Kier molecular flexibility index (Phi) is 10.6. The maximum Gasteiger partial charge on any atom is 0.303 e. The van der Waals surface area contributed by atoms with Crippen molar-refractivity contribution < 1.29 is 9.90 Å². The second-order valence-electron chi connectivity index (χ2n) is 9.67. The standard InChI is InChI=1S/C29H35N3O2.C2H5N/c1-3-22(2)20-32(26-8-6-4-5-7-9-26)27-13-10-24(11-14-27)25-12-15-28(30-19-25)31-17-16-23(21-31)18-29(33)34;1-2-3/h4,6-15,19,22-23H,3,5,16-18,20-21H2,1-2H3,(H,33,34);2H,1,3H2. The van der Waals surface area contributed by atoms with Gasteiger partial charge in [-0.05, 0) is 72.9 Å². The van der Waals surface area contributed by atoms with Gasteiger partial charge in [-0.25, -0.2) is 4.98 Å². The molecule has 196 valence electrons. The minimum Gasteiger partial charge on any atom is -0.481 e. The van der Waals surface area contributed by atoms with E-state index in [-0.39, 0.29) is 12.3 Å². The van der Waals surface area contributed by atoms with Gasteiger partial charge in [-0.1, -0.05) is 57.2 Å². The van der Waals surface area contributed by atoms with Crippen LogP contribution in [0.3, 0.4) is 0 Å². The molecule has 1 fully saturated rings. The molecule has 0 spiro atoms. The van der Waals surface area contributed by atoms with Crippen LogP contribution < -0.4 is 15.5 Å². The van der Waals surface area contributed by atoms with Crippen LogP contribution in [-0.4, -0.2) is 35.7 Å². The van der Waals surface area contributed by atoms with Gasteiger partial charge in [-0.3, -0.25) is 4.79 Å². The highest BCUT2D eigenvalue weighted by molar-refractivity contribution is 5.69. The quantitative estimate of drug-likeness (QED) is 0.415. The van der Waals surface area contributed by atoms with E-state index in [0.29, 0.717) is 5.92 Å². The molecule has 3 N–H and O–H groups in total. The lowest BCUT2D eigenvalue weighted by Gasteiger charge is -2.29. The summed E-state index contributed by atoms with van der Waals surface area (Å²) in [4.78, 5) is 20.3. The number of benzene rings is 1. The van der Waals surface area contributed by atoms with E-state index in [4.69, 9.17) is 5.11 Å². The Morgan fingerprint density at radius 1 is 1.24 bits per heavy atom. The number of nitrogens with zero attached hydrogens (tertiary/aromatic N) is 3. The average Bonchev–Trinajstić information content (AvgIpc) is 3.19. The molecule has 0 radical (unpaired) electrons. The number of allylic oxidation sites excluding steroid dienone is 5. The van der Waals surface area contributed by atoms with E-state index in [9.17, 15) is 4.79 Å². The summed E-state index contributed by atoms with van der Waals surface area (Å²) in [5.74, 6) is 1.01. The fraction of sp³-hybridized carbons (Fsp3) is 0.355. The Bertz CT molecular complexity index is 1100. The van der Waals surface area contributed by atoms with Crippen molar-refractivity contribution in [2.24, 2.45) is 17.6 Å². The van der Waals surface area contributed by atoms with Crippen molar-refractivity contribution >= 4 is 17.5 Å².